The van der Waals surface area contributed by atoms with Crippen molar-refractivity contribution in [3.05, 3.63) is 11.1 Å². The van der Waals surface area contributed by atoms with Crippen molar-refractivity contribution in [3.63, 3.8) is 0 Å². The molecule has 1 nitrogen and oxygen atoms in total. The number of ketones is 1. The molecule has 88 valence electrons. The highest BCUT2D eigenvalue weighted by Crippen LogP contribution is 2.34. The zero-order chi connectivity index (χ0) is 12.4. The van der Waals surface area contributed by atoms with Gasteiger partial charge in [-0.1, -0.05) is 52.3 Å². The van der Waals surface area contributed by atoms with Gasteiger partial charge in [0.1, 0.15) is 5.78 Å². The van der Waals surface area contributed by atoms with Crippen molar-refractivity contribution >= 4 is 29.0 Å². The Hall–Kier alpha value is -0.0100. The van der Waals surface area contributed by atoms with Crippen molar-refractivity contribution in [2.24, 2.45) is 10.8 Å². The predicted molar refractivity (Wildman–Crippen MR) is 67.5 cm³/mol. The average molecular weight is 251 g/mol. The molecule has 0 aliphatic carbocycles. The van der Waals surface area contributed by atoms with E-state index in [0.29, 0.717) is 5.03 Å². The third-order valence-electron chi connectivity index (χ3n) is 2.61. The van der Waals surface area contributed by atoms with Gasteiger partial charge in [-0.15, -0.1) is 11.6 Å². The van der Waals surface area contributed by atoms with E-state index in [1.54, 1.807) is 13.0 Å². The molecule has 1 unspecified atom stereocenters. The Bertz CT molecular complexity index is 272. The molecule has 0 saturated heterocycles. The lowest BCUT2D eigenvalue weighted by molar-refractivity contribution is -0.124. The molecule has 0 fully saturated rings. The molecule has 0 aliphatic heterocycles. The van der Waals surface area contributed by atoms with E-state index >= 15 is 0 Å². The van der Waals surface area contributed by atoms with Crippen molar-refractivity contribution in [2.45, 2.75) is 46.9 Å². The van der Waals surface area contributed by atoms with Crippen molar-refractivity contribution in [2.75, 3.05) is 0 Å². The van der Waals surface area contributed by atoms with Crippen LogP contribution in [0.5, 0.6) is 0 Å². The van der Waals surface area contributed by atoms with Gasteiger partial charge in [0, 0.05) is 10.4 Å². The smallest absolute Gasteiger partial charge is 0.137 e. The molecule has 0 aromatic rings. The van der Waals surface area contributed by atoms with E-state index in [2.05, 4.69) is 0 Å². The maximum Gasteiger partial charge on any atom is 0.137 e. The van der Waals surface area contributed by atoms with Gasteiger partial charge in [0.15, 0.2) is 0 Å². The lowest BCUT2D eigenvalue weighted by Gasteiger charge is -2.27. The third-order valence-corrected chi connectivity index (χ3v) is 3.97. The number of hydrogen-bond acceptors (Lipinski definition) is 1. The molecule has 0 spiro atoms. The van der Waals surface area contributed by atoms with E-state index in [1.165, 1.54) is 0 Å². The minimum Gasteiger partial charge on any atom is -0.299 e. The van der Waals surface area contributed by atoms with Gasteiger partial charge in [0.2, 0.25) is 0 Å². The van der Waals surface area contributed by atoms with Crippen LogP contribution >= 0.6 is 23.2 Å². The molecule has 0 radical (unpaired) electrons. The first-order valence-electron chi connectivity index (χ1n) is 5.02. The first-order chi connectivity index (χ1) is 6.49. The van der Waals surface area contributed by atoms with Crippen LogP contribution in [-0.4, -0.2) is 11.2 Å². The van der Waals surface area contributed by atoms with Crippen LogP contribution in [0.15, 0.2) is 11.1 Å². The summed E-state index contributed by atoms with van der Waals surface area (Å²) in [6.45, 7) is 11.2. The van der Waals surface area contributed by atoms with E-state index in [-0.39, 0.29) is 16.6 Å². The summed E-state index contributed by atoms with van der Waals surface area (Å²) in [7, 11) is 0. The van der Waals surface area contributed by atoms with Gasteiger partial charge in [-0.2, -0.15) is 0 Å². The first-order valence-corrected chi connectivity index (χ1v) is 5.84. The number of alkyl halides is 1. The topological polar surface area (TPSA) is 17.1 Å². The predicted octanol–water partition coefficient (Wildman–Crippen LogP) is 4.38. The second-order valence-corrected chi connectivity index (χ2v) is 6.32. The number of Topliss-reactive ketones (excluding diaryl/α,β-unsaturated/α-hetero) is 1. The van der Waals surface area contributed by atoms with Crippen LogP contribution in [0.1, 0.15) is 41.5 Å². The van der Waals surface area contributed by atoms with E-state index < -0.39 is 5.41 Å². The highest BCUT2D eigenvalue weighted by Gasteiger charge is 2.32. The summed E-state index contributed by atoms with van der Waals surface area (Å²) in [5, 5.41) is 0.318. The fraction of sp³-hybridized carbons (Fsp3) is 0.750. The van der Waals surface area contributed by atoms with Gasteiger partial charge in [0.25, 0.3) is 0 Å². The number of halogens is 2. The summed E-state index contributed by atoms with van der Waals surface area (Å²) in [4.78, 5) is 11.4. The van der Waals surface area contributed by atoms with Gasteiger partial charge in [-0.25, -0.2) is 0 Å². The largest absolute Gasteiger partial charge is 0.299 e. The van der Waals surface area contributed by atoms with Gasteiger partial charge >= 0.3 is 0 Å². The molecule has 0 amide bonds. The molecule has 0 aromatic heterocycles. The molecule has 15 heavy (non-hydrogen) atoms. The van der Waals surface area contributed by atoms with Crippen LogP contribution < -0.4 is 0 Å². The molecule has 0 N–H and O–H groups in total. The fourth-order valence-electron chi connectivity index (χ4n) is 0.781. The van der Waals surface area contributed by atoms with Crippen LogP contribution in [0.2, 0.25) is 0 Å². The van der Waals surface area contributed by atoms with Crippen LogP contribution in [0.3, 0.4) is 0 Å². The van der Waals surface area contributed by atoms with Crippen LogP contribution in [0, 0.1) is 10.8 Å². The highest BCUT2D eigenvalue weighted by molar-refractivity contribution is 6.31. The molecule has 0 saturated carbocycles. The molecule has 1 atom stereocenters. The first kappa shape index (κ1) is 15.0. The van der Waals surface area contributed by atoms with Crippen LogP contribution in [0.4, 0.5) is 0 Å². The number of hydrogen-bond donors (Lipinski definition) is 0. The zero-order valence-corrected chi connectivity index (χ0v) is 11.8. The number of allylic oxidation sites excluding steroid dienone is 2. The Morgan fingerprint density at radius 2 is 1.60 bits per heavy atom. The van der Waals surface area contributed by atoms with Crippen LogP contribution in [0.25, 0.3) is 0 Å². The number of rotatable bonds is 3. The minimum absolute atomic E-state index is 0.0668. The van der Waals surface area contributed by atoms with Crippen LogP contribution in [-0.2, 0) is 4.79 Å². The van der Waals surface area contributed by atoms with Crippen molar-refractivity contribution in [3.8, 4) is 0 Å². The maximum atomic E-state index is 11.4. The number of carbonyl (C=O) groups excluding carboxylic acids is 1. The zero-order valence-electron chi connectivity index (χ0n) is 10.3. The molecule has 0 rings (SSSR count). The normalized spacial score (nSPS) is 16.4. The third kappa shape index (κ3) is 4.16. The van der Waals surface area contributed by atoms with Crippen molar-refractivity contribution in [1.29, 1.82) is 0 Å². The quantitative estimate of drug-likeness (QED) is 0.680. The summed E-state index contributed by atoms with van der Waals surface area (Å²) in [6.07, 6.45) is 1.77. The summed E-state index contributed by atoms with van der Waals surface area (Å²) >= 11 is 12.3. The average Bonchev–Trinajstić information content (AvgIpc) is 2.01. The molecule has 3 heteroatoms. The van der Waals surface area contributed by atoms with E-state index in [4.69, 9.17) is 23.2 Å². The lowest BCUT2D eigenvalue weighted by atomic mass is 9.83. The fourth-order valence-corrected chi connectivity index (χ4v) is 1.25. The van der Waals surface area contributed by atoms with E-state index in [1.807, 2.05) is 34.6 Å². The molecule has 0 aromatic carbocycles. The summed E-state index contributed by atoms with van der Waals surface area (Å²) in [5.74, 6) is 0.0668. The standard InChI is InChI=1S/C12H20Cl2O/c1-8(15)12(5,6)10(14)7-9(13)11(2,3)4/h7,10H,1-6H3. The van der Waals surface area contributed by atoms with Gasteiger partial charge in [-0.3, -0.25) is 4.79 Å². The Labute approximate surface area is 103 Å². The monoisotopic (exact) mass is 250 g/mol. The summed E-state index contributed by atoms with van der Waals surface area (Å²) in [6, 6.07) is 0. The summed E-state index contributed by atoms with van der Waals surface area (Å²) in [5.41, 5.74) is -0.700. The Morgan fingerprint density at radius 3 is 1.87 bits per heavy atom. The van der Waals surface area contributed by atoms with Gasteiger partial charge < -0.3 is 0 Å². The second-order valence-electron chi connectivity index (χ2n) is 5.44. The van der Waals surface area contributed by atoms with E-state index in [9.17, 15) is 4.79 Å². The minimum atomic E-state index is -0.576. The van der Waals surface area contributed by atoms with E-state index in [0.717, 1.165) is 0 Å². The molecule has 0 bridgehead atoms. The van der Waals surface area contributed by atoms with Gasteiger partial charge in [-0.05, 0) is 12.3 Å². The number of carbonyl (C=O) groups is 1. The highest BCUT2D eigenvalue weighted by atomic mass is 35.5. The molecular weight excluding hydrogens is 231 g/mol. The molecule has 0 aliphatic rings. The second kappa shape index (κ2) is 4.88. The molecule has 0 heterocycles. The Kier molecular flexibility index (Phi) is 4.88. The summed E-state index contributed by atoms with van der Waals surface area (Å²) < 4.78 is 0. The van der Waals surface area contributed by atoms with Crippen molar-refractivity contribution in [1.82, 2.24) is 0 Å². The lowest BCUT2D eigenvalue weighted by Crippen LogP contribution is -2.31. The maximum absolute atomic E-state index is 11.4. The molecular formula is C12H20Cl2O. The Morgan fingerprint density at radius 1 is 1.20 bits per heavy atom. The Balaban J connectivity index is 4.91. The SMILES string of the molecule is CC(=O)C(C)(C)C(Cl)C=C(Cl)C(C)(C)C. The van der Waals surface area contributed by atoms with Gasteiger partial charge in [0.05, 0.1) is 5.38 Å². The van der Waals surface area contributed by atoms with Crippen molar-refractivity contribution < 1.29 is 4.79 Å².